The van der Waals surface area contributed by atoms with Crippen molar-refractivity contribution in [3.05, 3.63) is 0 Å². The van der Waals surface area contributed by atoms with E-state index >= 15 is 0 Å². The van der Waals surface area contributed by atoms with Gasteiger partial charge in [0, 0.05) is 6.61 Å². The van der Waals surface area contributed by atoms with Crippen molar-refractivity contribution in [2.24, 2.45) is 0 Å². The van der Waals surface area contributed by atoms with Crippen LogP contribution < -0.4 is 0 Å². The Balaban J connectivity index is 3.04. The van der Waals surface area contributed by atoms with Gasteiger partial charge in [-0.05, 0) is 20.3 Å². The number of unbranched alkanes of at least 4 members (excludes halogenated alkanes) is 13. The van der Waals surface area contributed by atoms with E-state index in [1.165, 1.54) is 83.5 Å². The molecule has 0 unspecified atom stereocenters. The number of rotatable bonds is 43. The van der Waals surface area contributed by atoms with Gasteiger partial charge in [0.1, 0.15) is 0 Å². The maximum Gasteiger partial charge on any atom is 0.0703 e. The topological polar surface area (TPSA) is 92.3 Å². The van der Waals surface area contributed by atoms with Crippen LogP contribution in [0.2, 0.25) is 0 Å². The van der Waals surface area contributed by atoms with Crippen molar-refractivity contribution in [1.29, 1.82) is 0 Å². The maximum atomic E-state index is 5.68. The van der Waals surface area contributed by atoms with Gasteiger partial charge < -0.3 is 47.4 Å². The average molecular weight is 681 g/mol. The predicted molar refractivity (Wildman–Crippen MR) is 189 cm³/mol. The van der Waals surface area contributed by atoms with Gasteiger partial charge in [0.2, 0.25) is 0 Å². The fourth-order valence-corrected chi connectivity index (χ4v) is 4.60. The Kier molecular flexibility index (Phi) is 43.3. The second-order valence-corrected chi connectivity index (χ2v) is 12.0. The fourth-order valence-electron chi connectivity index (χ4n) is 4.60. The first-order chi connectivity index (χ1) is 23.3. The normalized spacial score (nSPS) is 11.7. The highest BCUT2D eigenvalue weighted by molar-refractivity contribution is 4.49. The molecule has 0 heterocycles. The monoisotopic (exact) mass is 681 g/mol. The van der Waals surface area contributed by atoms with Gasteiger partial charge in [-0.15, -0.1) is 0 Å². The standard InChI is InChI=1S/C37H76O10/c1-4-5-6-7-8-9-10-11-12-13-14-15-16-17-18-38-19-20-39-21-22-40-23-24-41-25-26-42-27-28-43-29-30-44-31-32-45-33-34-46-35-36-47-37(2)3/h37H,4-36H2,1-3H3. The van der Waals surface area contributed by atoms with Crippen LogP contribution in [-0.4, -0.2) is 132 Å². The van der Waals surface area contributed by atoms with Gasteiger partial charge in [-0.25, -0.2) is 0 Å². The summed E-state index contributed by atoms with van der Waals surface area (Å²) >= 11 is 0. The zero-order valence-corrected chi connectivity index (χ0v) is 31.0. The van der Waals surface area contributed by atoms with Crippen LogP contribution in [0.5, 0.6) is 0 Å². The highest BCUT2D eigenvalue weighted by Gasteiger charge is 1.98. The summed E-state index contributed by atoms with van der Waals surface area (Å²) in [4.78, 5) is 0. The molecule has 10 heteroatoms. The molecule has 0 radical (unpaired) electrons. The third-order valence-corrected chi connectivity index (χ3v) is 7.30. The molecular formula is C37H76O10. The fraction of sp³-hybridized carbons (Fsp3) is 1.00. The van der Waals surface area contributed by atoms with Gasteiger partial charge in [0.05, 0.1) is 125 Å². The molecule has 0 aliphatic heterocycles. The van der Waals surface area contributed by atoms with Crippen molar-refractivity contribution in [2.75, 3.05) is 126 Å². The van der Waals surface area contributed by atoms with Crippen molar-refractivity contribution in [1.82, 2.24) is 0 Å². The van der Waals surface area contributed by atoms with E-state index in [1.54, 1.807) is 0 Å². The van der Waals surface area contributed by atoms with Gasteiger partial charge in [0.15, 0.2) is 0 Å². The van der Waals surface area contributed by atoms with Crippen molar-refractivity contribution < 1.29 is 47.4 Å². The zero-order chi connectivity index (χ0) is 34.0. The van der Waals surface area contributed by atoms with Crippen LogP contribution in [-0.2, 0) is 47.4 Å². The first kappa shape index (κ1) is 46.6. The van der Waals surface area contributed by atoms with Crippen LogP contribution in [0, 0.1) is 0 Å². The van der Waals surface area contributed by atoms with Gasteiger partial charge in [-0.1, -0.05) is 90.4 Å². The largest absolute Gasteiger partial charge is 0.379 e. The Bertz CT molecular complexity index is 541. The second-order valence-electron chi connectivity index (χ2n) is 12.0. The first-order valence-electron chi connectivity index (χ1n) is 19.1. The molecule has 0 aliphatic carbocycles. The van der Waals surface area contributed by atoms with Crippen LogP contribution >= 0.6 is 0 Å². The lowest BCUT2D eigenvalue weighted by molar-refractivity contribution is -0.0279. The van der Waals surface area contributed by atoms with Gasteiger partial charge in [0.25, 0.3) is 0 Å². The quantitative estimate of drug-likeness (QED) is 0.0625. The molecular weight excluding hydrogens is 604 g/mol. The predicted octanol–water partition coefficient (Wildman–Crippen LogP) is 7.04. The first-order valence-corrected chi connectivity index (χ1v) is 19.1. The molecule has 0 aromatic heterocycles. The number of hydrogen-bond donors (Lipinski definition) is 0. The molecule has 10 nitrogen and oxygen atoms in total. The molecule has 0 N–H and O–H groups in total. The Morgan fingerprint density at radius 2 is 0.468 bits per heavy atom. The summed E-state index contributed by atoms with van der Waals surface area (Å²) in [6.45, 7) is 17.3. The van der Waals surface area contributed by atoms with Crippen molar-refractivity contribution in [2.45, 2.75) is 117 Å². The third-order valence-electron chi connectivity index (χ3n) is 7.30. The lowest BCUT2D eigenvalue weighted by Gasteiger charge is -2.09. The van der Waals surface area contributed by atoms with E-state index in [1.807, 2.05) is 13.8 Å². The van der Waals surface area contributed by atoms with Crippen molar-refractivity contribution >= 4 is 0 Å². The SMILES string of the molecule is CCCCCCCCCCCCCCCCOCCOCCOCCOCCOCCOCCOCCOCCOCCOC(C)C. The lowest BCUT2D eigenvalue weighted by Crippen LogP contribution is -2.15. The zero-order valence-electron chi connectivity index (χ0n) is 31.0. The Labute approximate surface area is 289 Å². The van der Waals surface area contributed by atoms with Crippen LogP contribution in [0.3, 0.4) is 0 Å². The van der Waals surface area contributed by atoms with Gasteiger partial charge in [-0.2, -0.15) is 0 Å². The summed E-state index contributed by atoms with van der Waals surface area (Å²) in [6.07, 6.45) is 19.5. The van der Waals surface area contributed by atoms with Gasteiger partial charge >= 0.3 is 0 Å². The molecule has 0 saturated heterocycles. The van der Waals surface area contributed by atoms with Crippen LogP contribution in [0.4, 0.5) is 0 Å². The van der Waals surface area contributed by atoms with E-state index in [2.05, 4.69) is 6.92 Å². The van der Waals surface area contributed by atoms with E-state index in [0.29, 0.717) is 119 Å². The Hall–Kier alpha value is -0.400. The van der Waals surface area contributed by atoms with Crippen LogP contribution in [0.25, 0.3) is 0 Å². The minimum atomic E-state index is 0.237. The molecule has 0 spiro atoms. The molecule has 0 aliphatic rings. The smallest absolute Gasteiger partial charge is 0.0703 e. The van der Waals surface area contributed by atoms with Crippen LogP contribution in [0.1, 0.15) is 111 Å². The molecule has 284 valence electrons. The summed E-state index contributed by atoms with van der Waals surface area (Å²) in [5, 5.41) is 0. The maximum absolute atomic E-state index is 5.68. The molecule has 0 saturated carbocycles. The summed E-state index contributed by atoms with van der Waals surface area (Å²) in [5.74, 6) is 0. The molecule has 0 aromatic carbocycles. The third kappa shape index (κ3) is 45.6. The van der Waals surface area contributed by atoms with E-state index < -0.39 is 0 Å². The average Bonchev–Trinajstić information content (AvgIpc) is 3.07. The molecule has 0 rings (SSSR count). The molecule has 0 aromatic rings. The summed E-state index contributed by atoms with van der Waals surface area (Å²) < 4.78 is 55.0. The van der Waals surface area contributed by atoms with Crippen molar-refractivity contribution in [3.63, 3.8) is 0 Å². The highest BCUT2D eigenvalue weighted by atomic mass is 16.6. The van der Waals surface area contributed by atoms with E-state index in [-0.39, 0.29) is 6.10 Å². The molecule has 0 atom stereocenters. The minimum Gasteiger partial charge on any atom is -0.379 e. The lowest BCUT2D eigenvalue weighted by atomic mass is 10.0. The van der Waals surface area contributed by atoms with Crippen molar-refractivity contribution in [3.8, 4) is 0 Å². The molecule has 0 fully saturated rings. The highest BCUT2D eigenvalue weighted by Crippen LogP contribution is 2.13. The Morgan fingerprint density at radius 1 is 0.255 bits per heavy atom. The summed E-state index contributed by atoms with van der Waals surface area (Å²) in [6, 6.07) is 0. The minimum absolute atomic E-state index is 0.237. The van der Waals surface area contributed by atoms with E-state index in [4.69, 9.17) is 47.4 Å². The number of ether oxygens (including phenoxy) is 10. The van der Waals surface area contributed by atoms with Gasteiger partial charge in [-0.3, -0.25) is 0 Å². The van der Waals surface area contributed by atoms with Crippen LogP contribution in [0.15, 0.2) is 0 Å². The van der Waals surface area contributed by atoms with E-state index in [0.717, 1.165) is 13.0 Å². The van der Waals surface area contributed by atoms with E-state index in [9.17, 15) is 0 Å². The summed E-state index contributed by atoms with van der Waals surface area (Å²) in [7, 11) is 0. The molecule has 0 amide bonds. The summed E-state index contributed by atoms with van der Waals surface area (Å²) in [5.41, 5.74) is 0. The Morgan fingerprint density at radius 3 is 0.723 bits per heavy atom. The molecule has 47 heavy (non-hydrogen) atoms. The number of hydrogen-bond acceptors (Lipinski definition) is 10. The second kappa shape index (κ2) is 43.6. The molecule has 0 bridgehead atoms.